The average Bonchev–Trinajstić information content (AvgIpc) is 3.03. The number of hydrogen-bond acceptors (Lipinski definition) is 3. The van der Waals surface area contributed by atoms with Crippen molar-refractivity contribution in [1.29, 1.82) is 0 Å². The van der Waals surface area contributed by atoms with Gasteiger partial charge in [-0.3, -0.25) is 4.79 Å². The van der Waals surface area contributed by atoms with Gasteiger partial charge in [-0.05, 0) is 62.3 Å². The van der Waals surface area contributed by atoms with E-state index in [-0.39, 0.29) is 5.91 Å². The summed E-state index contributed by atoms with van der Waals surface area (Å²) < 4.78 is 5.46. The van der Waals surface area contributed by atoms with Gasteiger partial charge in [-0.25, -0.2) is 0 Å². The molecule has 0 radical (unpaired) electrons. The molecule has 1 aromatic rings. The quantitative estimate of drug-likeness (QED) is 0.929. The molecule has 2 aliphatic rings. The largest absolute Gasteiger partial charge is 0.494 e. The van der Waals surface area contributed by atoms with Crippen LogP contribution in [-0.2, 0) is 4.79 Å². The fourth-order valence-corrected chi connectivity index (χ4v) is 3.52. The SMILES string of the molecule is CCOc1ccc(C2=CCN(C(=O)C3(O)CCCC3)CC2)cc1. The number of carbonyl (C=O) groups excluding carboxylic acids is 1. The molecule has 1 aliphatic heterocycles. The zero-order valence-electron chi connectivity index (χ0n) is 13.8. The lowest BCUT2D eigenvalue weighted by atomic mass is 9.96. The molecule has 0 unspecified atom stereocenters. The van der Waals surface area contributed by atoms with E-state index in [0.29, 0.717) is 32.5 Å². The van der Waals surface area contributed by atoms with Crippen LogP contribution in [0.1, 0.15) is 44.6 Å². The molecule has 0 aromatic heterocycles. The molecule has 1 amide bonds. The van der Waals surface area contributed by atoms with Crippen molar-refractivity contribution in [2.24, 2.45) is 0 Å². The maximum absolute atomic E-state index is 12.5. The molecule has 1 saturated carbocycles. The van der Waals surface area contributed by atoms with Crippen LogP contribution < -0.4 is 4.74 Å². The Morgan fingerprint density at radius 3 is 2.52 bits per heavy atom. The highest BCUT2D eigenvalue weighted by Crippen LogP contribution is 2.32. The fraction of sp³-hybridized carbons (Fsp3) is 0.526. The maximum atomic E-state index is 12.5. The zero-order valence-corrected chi connectivity index (χ0v) is 13.8. The normalized spacial score (nSPS) is 20.3. The van der Waals surface area contributed by atoms with Crippen LogP contribution in [-0.4, -0.2) is 41.2 Å². The molecule has 0 bridgehead atoms. The second-order valence-electron chi connectivity index (χ2n) is 6.43. The van der Waals surface area contributed by atoms with Crippen molar-refractivity contribution in [3.8, 4) is 5.75 Å². The number of rotatable bonds is 4. The van der Waals surface area contributed by atoms with Crippen molar-refractivity contribution < 1.29 is 14.6 Å². The summed E-state index contributed by atoms with van der Waals surface area (Å²) in [5.74, 6) is 0.796. The summed E-state index contributed by atoms with van der Waals surface area (Å²) in [6, 6.07) is 8.11. The summed E-state index contributed by atoms with van der Waals surface area (Å²) in [5.41, 5.74) is 1.33. The lowest BCUT2D eigenvalue weighted by Crippen LogP contribution is -2.48. The van der Waals surface area contributed by atoms with Crippen molar-refractivity contribution in [2.75, 3.05) is 19.7 Å². The molecule has 4 nitrogen and oxygen atoms in total. The van der Waals surface area contributed by atoms with E-state index in [1.54, 1.807) is 4.90 Å². The fourth-order valence-electron chi connectivity index (χ4n) is 3.52. The van der Waals surface area contributed by atoms with Gasteiger partial charge in [0, 0.05) is 13.1 Å². The second kappa shape index (κ2) is 6.75. The van der Waals surface area contributed by atoms with Crippen LogP contribution in [0.15, 0.2) is 30.3 Å². The van der Waals surface area contributed by atoms with E-state index in [0.717, 1.165) is 25.0 Å². The first-order valence-electron chi connectivity index (χ1n) is 8.56. The number of amides is 1. The van der Waals surface area contributed by atoms with Crippen molar-refractivity contribution in [3.05, 3.63) is 35.9 Å². The summed E-state index contributed by atoms with van der Waals surface area (Å²) in [5, 5.41) is 10.5. The molecule has 4 heteroatoms. The highest BCUT2D eigenvalue weighted by Gasteiger charge is 2.41. The predicted molar refractivity (Wildman–Crippen MR) is 90.2 cm³/mol. The third kappa shape index (κ3) is 3.42. The minimum atomic E-state index is -1.11. The van der Waals surface area contributed by atoms with E-state index < -0.39 is 5.60 Å². The first-order chi connectivity index (χ1) is 11.1. The van der Waals surface area contributed by atoms with Crippen molar-refractivity contribution in [1.82, 2.24) is 4.90 Å². The molecule has 1 aliphatic carbocycles. The Labute approximate surface area is 137 Å². The van der Waals surface area contributed by atoms with Gasteiger partial charge in [-0.1, -0.05) is 18.2 Å². The lowest BCUT2D eigenvalue weighted by Gasteiger charge is -2.32. The second-order valence-corrected chi connectivity index (χ2v) is 6.43. The molecule has 0 atom stereocenters. The van der Waals surface area contributed by atoms with Crippen LogP contribution in [0, 0.1) is 0 Å². The standard InChI is InChI=1S/C19H25NO3/c1-2-23-17-7-5-15(6-8-17)16-9-13-20(14-10-16)18(21)19(22)11-3-4-12-19/h5-9,22H,2-4,10-14H2,1H3. The highest BCUT2D eigenvalue weighted by atomic mass is 16.5. The minimum absolute atomic E-state index is 0.0861. The molecule has 3 rings (SSSR count). The van der Waals surface area contributed by atoms with Gasteiger partial charge in [0.15, 0.2) is 0 Å². The number of benzene rings is 1. The summed E-state index contributed by atoms with van der Waals surface area (Å²) in [4.78, 5) is 14.3. The number of carbonyl (C=O) groups is 1. The smallest absolute Gasteiger partial charge is 0.254 e. The maximum Gasteiger partial charge on any atom is 0.254 e. The molecule has 0 spiro atoms. The Morgan fingerprint density at radius 2 is 1.96 bits per heavy atom. The van der Waals surface area contributed by atoms with Gasteiger partial charge in [0.25, 0.3) is 5.91 Å². The Balaban J connectivity index is 1.65. The Morgan fingerprint density at radius 1 is 1.26 bits per heavy atom. The van der Waals surface area contributed by atoms with Crippen LogP contribution >= 0.6 is 0 Å². The van der Waals surface area contributed by atoms with Crippen LogP contribution in [0.3, 0.4) is 0 Å². The number of hydrogen-bond donors (Lipinski definition) is 1. The topological polar surface area (TPSA) is 49.8 Å². The molecule has 1 fully saturated rings. The molecular formula is C19H25NO3. The van der Waals surface area contributed by atoms with E-state index >= 15 is 0 Å². The van der Waals surface area contributed by atoms with E-state index in [9.17, 15) is 9.90 Å². The first kappa shape index (κ1) is 16.1. The van der Waals surface area contributed by atoms with E-state index in [2.05, 4.69) is 18.2 Å². The van der Waals surface area contributed by atoms with Gasteiger partial charge >= 0.3 is 0 Å². The Bertz CT molecular complexity index is 585. The number of aliphatic hydroxyl groups is 1. The molecule has 1 N–H and O–H groups in total. The number of nitrogens with zero attached hydrogens (tertiary/aromatic N) is 1. The lowest BCUT2D eigenvalue weighted by molar-refractivity contribution is -0.150. The van der Waals surface area contributed by atoms with Gasteiger partial charge < -0.3 is 14.7 Å². The number of ether oxygens (including phenoxy) is 1. The third-order valence-corrected chi connectivity index (χ3v) is 4.86. The average molecular weight is 315 g/mol. The molecular weight excluding hydrogens is 290 g/mol. The molecule has 0 saturated heterocycles. The summed E-state index contributed by atoms with van der Waals surface area (Å²) >= 11 is 0. The zero-order chi connectivity index (χ0) is 16.3. The van der Waals surface area contributed by atoms with Crippen molar-refractivity contribution in [3.63, 3.8) is 0 Å². The molecule has 1 heterocycles. The van der Waals surface area contributed by atoms with Gasteiger partial charge in [0.05, 0.1) is 6.61 Å². The van der Waals surface area contributed by atoms with Crippen LogP contribution in [0.2, 0.25) is 0 Å². The van der Waals surface area contributed by atoms with Crippen LogP contribution in [0.25, 0.3) is 5.57 Å². The highest BCUT2D eigenvalue weighted by molar-refractivity contribution is 5.86. The van der Waals surface area contributed by atoms with Gasteiger partial charge in [-0.15, -0.1) is 0 Å². The predicted octanol–water partition coefficient (Wildman–Crippen LogP) is 3.01. The Hall–Kier alpha value is -1.81. The van der Waals surface area contributed by atoms with E-state index in [1.165, 1.54) is 11.1 Å². The van der Waals surface area contributed by atoms with Gasteiger partial charge in [0.2, 0.25) is 0 Å². The van der Waals surface area contributed by atoms with Crippen LogP contribution in [0.5, 0.6) is 5.75 Å². The van der Waals surface area contributed by atoms with E-state index in [1.807, 2.05) is 19.1 Å². The molecule has 124 valence electrons. The molecule has 1 aromatic carbocycles. The van der Waals surface area contributed by atoms with Crippen molar-refractivity contribution in [2.45, 2.75) is 44.6 Å². The first-order valence-corrected chi connectivity index (χ1v) is 8.56. The monoisotopic (exact) mass is 315 g/mol. The minimum Gasteiger partial charge on any atom is -0.494 e. The summed E-state index contributed by atoms with van der Waals surface area (Å²) in [6.07, 6.45) is 6.05. The molecule has 23 heavy (non-hydrogen) atoms. The van der Waals surface area contributed by atoms with E-state index in [4.69, 9.17) is 4.74 Å². The van der Waals surface area contributed by atoms with Gasteiger partial charge in [-0.2, -0.15) is 0 Å². The van der Waals surface area contributed by atoms with Crippen molar-refractivity contribution >= 4 is 11.5 Å². The summed E-state index contributed by atoms with van der Waals surface area (Å²) in [7, 11) is 0. The van der Waals surface area contributed by atoms with Gasteiger partial charge in [0.1, 0.15) is 11.4 Å². The summed E-state index contributed by atoms with van der Waals surface area (Å²) in [6.45, 7) is 3.91. The third-order valence-electron chi connectivity index (χ3n) is 4.86. The van der Waals surface area contributed by atoms with Crippen LogP contribution in [0.4, 0.5) is 0 Å². The Kier molecular flexibility index (Phi) is 4.71.